The van der Waals surface area contributed by atoms with Gasteiger partial charge in [-0.15, -0.1) is 0 Å². The summed E-state index contributed by atoms with van der Waals surface area (Å²) in [6, 6.07) is 22.2. The summed E-state index contributed by atoms with van der Waals surface area (Å²) in [5, 5.41) is 0. The summed E-state index contributed by atoms with van der Waals surface area (Å²) in [7, 11) is 4.28. The van der Waals surface area contributed by atoms with Crippen molar-refractivity contribution in [1.82, 2.24) is 9.67 Å². The molecular weight excluding hydrogens is 385 g/mol. The monoisotopic (exact) mass is 408 g/mol. The van der Waals surface area contributed by atoms with Crippen molar-refractivity contribution in [1.29, 1.82) is 0 Å². The van der Waals surface area contributed by atoms with E-state index in [4.69, 9.17) is 23.6 Å². The lowest BCUT2D eigenvalue weighted by molar-refractivity contribution is 0.900. The molecule has 0 unspecified atom stereocenters. The van der Waals surface area contributed by atoms with Gasteiger partial charge in [0, 0.05) is 13.1 Å². The lowest BCUT2D eigenvalue weighted by Gasteiger charge is -2.11. The van der Waals surface area contributed by atoms with Gasteiger partial charge < -0.3 is 0 Å². The van der Waals surface area contributed by atoms with Crippen LogP contribution in [0.2, 0.25) is 0 Å². The van der Waals surface area contributed by atoms with E-state index in [0.29, 0.717) is 0 Å². The fourth-order valence-corrected chi connectivity index (χ4v) is 3.80. The fourth-order valence-electron chi connectivity index (χ4n) is 3.61. The Balaban J connectivity index is 1.95. The third-order valence-electron chi connectivity index (χ3n) is 4.82. The molecule has 0 radical (unpaired) electrons. The van der Waals surface area contributed by atoms with Crippen molar-refractivity contribution in [2.45, 2.75) is 12.8 Å². The number of halogens is 2. The SMILES string of the molecule is Bc1cc(CCNCl)cc(-c2cccc(-c3cc(B)cc(CCNCl)c3)c2)c1. The first kappa shape index (κ1) is 21.0. The molecule has 3 aromatic rings. The zero-order valence-electron chi connectivity index (χ0n) is 16.4. The molecule has 0 saturated carbocycles. The highest BCUT2D eigenvalue weighted by Crippen LogP contribution is 2.27. The fraction of sp³-hybridized carbons (Fsp3) is 0.182. The predicted molar refractivity (Wildman–Crippen MR) is 129 cm³/mol. The standard InChI is InChI=1S/C22H24B2Cl2N2/c23-21-10-15(4-6-27-25)8-19(13-21)17-2-1-3-18(12-17)20-9-16(5-7-28-26)11-22(24)14-20/h1-3,8-14,27-28H,4-7,23-24H2. The van der Waals surface area contributed by atoms with Crippen LogP contribution in [0.5, 0.6) is 0 Å². The number of hydrogen-bond acceptors (Lipinski definition) is 2. The molecule has 0 saturated heterocycles. The molecule has 0 atom stereocenters. The molecule has 28 heavy (non-hydrogen) atoms. The molecule has 0 heterocycles. The van der Waals surface area contributed by atoms with Crippen molar-refractivity contribution in [3.8, 4) is 22.3 Å². The molecule has 0 fully saturated rings. The highest BCUT2D eigenvalue weighted by molar-refractivity contribution is 6.33. The summed E-state index contributed by atoms with van der Waals surface area (Å²) in [6.07, 6.45) is 1.82. The topological polar surface area (TPSA) is 24.1 Å². The molecule has 3 aromatic carbocycles. The van der Waals surface area contributed by atoms with Gasteiger partial charge in [-0.1, -0.05) is 65.5 Å². The molecule has 2 N–H and O–H groups in total. The third-order valence-corrected chi connectivity index (χ3v) is 5.20. The van der Waals surface area contributed by atoms with E-state index in [2.05, 4.69) is 86.0 Å². The van der Waals surface area contributed by atoms with E-state index in [-0.39, 0.29) is 0 Å². The van der Waals surface area contributed by atoms with Gasteiger partial charge in [-0.25, -0.2) is 9.67 Å². The quantitative estimate of drug-likeness (QED) is 0.440. The number of nitrogens with one attached hydrogen (secondary N) is 2. The van der Waals surface area contributed by atoms with E-state index >= 15 is 0 Å². The van der Waals surface area contributed by atoms with E-state index in [0.717, 1.165) is 25.9 Å². The lowest BCUT2D eigenvalue weighted by Crippen LogP contribution is -2.09. The first-order valence-corrected chi connectivity index (χ1v) is 10.3. The maximum Gasteiger partial charge on any atom is 0.139 e. The molecule has 2 nitrogen and oxygen atoms in total. The van der Waals surface area contributed by atoms with Gasteiger partial charge in [0.15, 0.2) is 0 Å². The second-order valence-electron chi connectivity index (χ2n) is 7.26. The van der Waals surface area contributed by atoms with Crippen LogP contribution in [0.4, 0.5) is 0 Å². The maximum atomic E-state index is 5.63. The van der Waals surface area contributed by atoms with Gasteiger partial charge in [-0.2, -0.15) is 0 Å². The molecule has 3 rings (SSSR count). The lowest BCUT2D eigenvalue weighted by atomic mass is 9.87. The Morgan fingerprint density at radius 1 is 0.607 bits per heavy atom. The van der Waals surface area contributed by atoms with Crippen LogP contribution in [0, 0.1) is 0 Å². The molecule has 0 aliphatic carbocycles. The van der Waals surface area contributed by atoms with Crippen molar-refractivity contribution >= 4 is 50.2 Å². The van der Waals surface area contributed by atoms with Crippen LogP contribution in [0.25, 0.3) is 22.3 Å². The normalized spacial score (nSPS) is 10.9. The Kier molecular flexibility index (Phi) is 7.64. The summed E-state index contributed by atoms with van der Waals surface area (Å²) in [5.74, 6) is 0. The minimum atomic E-state index is 0.758. The molecule has 142 valence electrons. The minimum absolute atomic E-state index is 0.758. The first-order valence-electron chi connectivity index (χ1n) is 9.58. The second-order valence-corrected chi connectivity index (χ2v) is 7.80. The van der Waals surface area contributed by atoms with Crippen molar-refractivity contribution in [3.05, 3.63) is 71.8 Å². The number of rotatable bonds is 8. The highest BCUT2D eigenvalue weighted by atomic mass is 35.5. The van der Waals surface area contributed by atoms with Gasteiger partial charge in [-0.3, -0.25) is 0 Å². The Bertz CT molecular complexity index is 875. The van der Waals surface area contributed by atoms with Crippen LogP contribution in [-0.4, -0.2) is 28.8 Å². The Hall–Kier alpha value is -1.71. The summed E-state index contributed by atoms with van der Waals surface area (Å²) in [6.45, 7) is 1.52. The van der Waals surface area contributed by atoms with Gasteiger partial charge in [0.1, 0.15) is 15.7 Å². The van der Waals surface area contributed by atoms with Crippen molar-refractivity contribution in [2.24, 2.45) is 0 Å². The van der Waals surface area contributed by atoms with E-state index in [9.17, 15) is 0 Å². The van der Waals surface area contributed by atoms with Gasteiger partial charge in [-0.05, 0) is 75.8 Å². The number of hydrogen-bond donors (Lipinski definition) is 2. The number of benzene rings is 3. The van der Waals surface area contributed by atoms with Crippen LogP contribution in [0.1, 0.15) is 11.1 Å². The summed E-state index contributed by atoms with van der Waals surface area (Å²) < 4.78 is 0. The molecule has 0 bridgehead atoms. The van der Waals surface area contributed by atoms with Gasteiger partial charge in [0.25, 0.3) is 0 Å². The van der Waals surface area contributed by atoms with Gasteiger partial charge in [0.05, 0.1) is 0 Å². The minimum Gasteiger partial charge on any atom is -0.233 e. The molecular formula is C22H24B2Cl2N2. The molecule has 6 heteroatoms. The van der Waals surface area contributed by atoms with Gasteiger partial charge >= 0.3 is 0 Å². The van der Waals surface area contributed by atoms with E-state index in [1.807, 2.05) is 0 Å². The maximum absolute atomic E-state index is 5.63. The summed E-state index contributed by atoms with van der Waals surface area (Å²) in [4.78, 5) is 5.42. The zero-order valence-corrected chi connectivity index (χ0v) is 17.9. The van der Waals surface area contributed by atoms with Crippen molar-refractivity contribution < 1.29 is 0 Å². The van der Waals surface area contributed by atoms with E-state index < -0.39 is 0 Å². The molecule has 0 spiro atoms. The highest BCUT2D eigenvalue weighted by Gasteiger charge is 2.06. The van der Waals surface area contributed by atoms with Crippen LogP contribution < -0.4 is 20.6 Å². The summed E-state index contributed by atoms with van der Waals surface area (Å²) >= 11 is 11.3. The zero-order chi connectivity index (χ0) is 19.9. The molecule has 0 amide bonds. The third kappa shape index (κ3) is 5.65. The predicted octanol–water partition coefficient (Wildman–Crippen LogP) is 2.11. The summed E-state index contributed by atoms with van der Waals surface area (Å²) in [5.41, 5.74) is 10.0. The first-order chi connectivity index (χ1) is 13.6. The Labute approximate surface area is 179 Å². The average Bonchev–Trinajstić information content (AvgIpc) is 2.70. The van der Waals surface area contributed by atoms with Crippen molar-refractivity contribution in [2.75, 3.05) is 13.1 Å². The van der Waals surface area contributed by atoms with Gasteiger partial charge in [0.2, 0.25) is 0 Å². The Morgan fingerprint density at radius 3 is 1.50 bits per heavy atom. The average molecular weight is 409 g/mol. The largest absolute Gasteiger partial charge is 0.233 e. The molecule has 0 aliphatic rings. The molecule has 0 aliphatic heterocycles. The smallest absolute Gasteiger partial charge is 0.139 e. The van der Waals surface area contributed by atoms with E-state index in [1.165, 1.54) is 44.3 Å². The van der Waals surface area contributed by atoms with Crippen molar-refractivity contribution in [3.63, 3.8) is 0 Å². The Morgan fingerprint density at radius 2 is 1.07 bits per heavy atom. The van der Waals surface area contributed by atoms with Crippen LogP contribution in [-0.2, 0) is 12.8 Å². The van der Waals surface area contributed by atoms with Crippen LogP contribution in [0.15, 0.2) is 60.7 Å². The van der Waals surface area contributed by atoms with E-state index in [1.54, 1.807) is 0 Å². The second kappa shape index (κ2) is 10.2. The van der Waals surface area contributed by atoms with Crippen LogP contribution in [0.3, 0.4) is 0 Å². The molecule has 0 aromatic heterocycles. The van der Waals surface area contributed by atoms with Crippen LogP contribution >= 0.6 is 23.6 Å².